The first-order valence-electron chi connectivity index (χ1n) is 6.89. The number of aryl methyl sites for hydroxylation is 2. The maximum absolute atomic E-state index is 6.37. The zero-order chi connectivity index (χ0) is 13.2. The summed E-state index contributed by atoms with van der Waals surface area (Å²) >= 11 is 1.81. The van der Waals surface area contributed by atoms with Crippen molar-refractivity contribution in [2.75, 3.05) is 18.0 Å². The van der Waals surface area contributed by atoms with Crippen molar-refractivity contribution in [3.05, 3.63) is 51.7 Å². The fourth-order valence-electron chi connectivity index (χ4n) is 2.78. The first-order chi connectivity index (χ1) is 9.24. The third-order valence-electron chi connectivity index (χ3n) is 3.75. The SMILES string of the molecule is Cc1ccc(C(N)CN2CCCc3ccccc32)s1. The molecule has 1 aromatic heterocycles. The maximum atomic E-state index is 6.37. The van der Waals surface area contributed by atoms with Crippen molar-refractivity contribution in [3.8, 4) is 0 Å². The zero-order valence-corrected chi connectivity index (χ0v) is 12.1. The van der Waals surface area contributed by atoms with Gasteiger partial charge in [-0.15, -0.1) is 11.3 Å². The van der Waals surface area contributed by atoms with E-state index >= 15 is 0 Å². The molecule has 0 spiro atoms. The molecule has 3 heteroatoms. The predicted molar refractivity (Wildman–Crippen MR) is 83.0 cm³/mol. The van der Waals surface area contributed by atoms with Gasteiger partial charge in [0, 0.05) is 28.5 Å². The number of rotatable bonds is 3. The van der Waals surface area contributed by atoms with Crippen LogP contribution >= 0.6 is 11.3 Å². The van der Waals surface area contributed by atoms with Crippen LogP contribution in [0.4, 0.5) is 5.69 Å². The van der Waals surface area contributed by atoms with Crippen LogP contribution in [-0.2, 0) is 6.42 Å². The van der Waals surface area contributed by atoms with E-state index in [1.54, 1.807) is 0 Å². The highest BCUT2D eigenvalue weighted by Crippen LogP contribution is 2.29. The lowest BCUT2D eigenvalue weighted by molar-refractivity contribution is 0.631. The molecule has 1 aliphatic rings. The molecule has 0 aliphatic carbocycles. The Morgan fingerprint density at radius 1 is 1.26 bits per heavy atom. The van der Waals surface area contributed by atoms with E-state index in [0.29, 0.717) is 0 Å². The first-order valence-corrected chi connectivity index (χ1v) is 7.70. The summed E-state index contributed by atoms with van der Waals surface area (Å²) in [5, 5.41) is 0. The molecule has 0 fully saturated rings. The summed E-state index contributed by atoms with van der Waals surface area (Å²) in [6.45, 7) is 4.17. The van der Waals surface area contributed by atoms with Crippen LogP contribution < -0.4 is 10.6 Å². The van der Waals surface area contributed by atoms with Crippen LogP contribution in [0.25, 0.3) is 0 Å². The zero-order valence-electron chi connectivity index (χ0n) is 11.3. The summed E-state index contributed by atoms with van der Waals surface area (Å²) < 4.78 is 0. The van der Waals surface area contributed by atoms with Gasteiger partial charge in [-0.25, -0.2) is 0 Å². The largest absolute Gasteiger partial charge is 0.369 e. The van der Waals surface area contributed by atoms with Crippen molar-refractivity contribution in [2.24, 2.45) is 5.73 Å². The monoisotopic (exact) mass is 272 g/mol. The van der Waals surface area contributed by atoms with E-state index in [9.17, 15) is 0 Å². The quantitative estimate of drug-likeness (QED) is 0.926. The normalized spacial score (nSPS) is 16.2. The van der Waals surface area contributed by atoms with Gasteiger partial charge in [-0.3, -0.25) is 0 Å². The van der Waals surface area contributed by atoms with E-state index in [2.05, 4.69) is 48.2 Å². The highest BCUT2D eigenvalue weighted by Gasteiger charge is 2.19. The lowest BCUT2D eigenvalue weighted by Crippen LogP contribution is -2.35. The Kier molecular flexibility index (Phi) is 3.58. The summed E-state index contributed by atoms with van der Waals surface area (Å²) in [6.07, 6.45) is 2.42. The predicted octanol–water partition coefficient (Wildman–Crippen LogP) is 3.51. The molecule has 1 aromatic carbocycles. The van der Waals surface area contributed by atoms with Crippen LogP contribution in [0.2, 0.25) is 0 Å². The molecule has 0 saturated heterocycles. The third kappa shape index (κ3) is 2.67. The Balaban J connectivity index is 1.77. The highest BCUT2D eigenvalue weighted by atomic mass is 32.1. The minimum Gasteiger partial charge on any atom is -0.369 e. The Morgan fingerprint density at radius 2 is 2.11 bits per heavy atom. The lowest BCUT2D eigenvalue weighted by Gasteiger charge is -2.33. The minimum atomic E-state index is 0.116. The van der Waals surface area contributed by atoms with Crippen LogP contribution in [0.3, 0.4) is 0 Å². The standard InChI is InChI=1S/C16H20N2S/c1-12-8-9-16(19-12)14(17)11-18-10-4-6-13-5-2-3-7-15(13)18/h2-3,5,7-9,14H,4,6,10-11,17H2,1H3. The van der Waals surface area contributed by atoms with Crippen LogP contribution in [0.5, 0.6) is 0 Å². The number of hydrogen-bond acceptors (Lipinski definition) is 3. The number of hydrogen-bond donors (Lipinski definition) is 1. The minimum absolute atomic E-state index is 0.116. The van der Waals surface area contributed by atoms with Gasteiger partial charge in [0.05, 0.1) is 6.04 Å². The van der Waals surface area contributed by atoms with Crippen molar-refractivity contribution in [2.45, 2.75) is 25.8 Å². The molecule has 0 saturated carbocycles. The summed E-state index contributed by atoms with van der Waals surface area (Å²) in [4.78, 5) is 5.07. The van der Waals surface area contributed by atoms with Gasteiger partial charge in [0.25, 0.3) is 0 Å². The number of thiophene rings is 1. The Morgan fingerprint density at radius 3 is 2.89 bits per heavy atom. The second-order valence-electron chi connectivity index (χ2n) is 5.23. The molecule has 2 aromatic rings. The fourth-order valence-corrected chi connectivity index (χ4v) is 3.65. The molecule has 2 heterocycles. The number of fused-ring (bicyclic) bond motifs is 1. The Bertz CT molecular complexity index is 561. The second kappa shape index (κ2) is 5.35. The van der Waals surface area contributed by atoms with Crippen molar-refractivity contribution in [3.63, 3.8) is 0 Å². The van der Waals surface area contributed by atoms with Crippen LogP contribution in [0.15, 0.2) is 36.4 Å². The van der Waals surface area contributed by atoms with Crippen LogP contribution in [-0.4, -0.2) is 13.1 Å². The van der Waals surface area contributed by atoms with Crippen molar-refractivity contribution in [1.29, 1.82) is 0 Å². The van der Waals surface area contributed by atoms with Gasteiger partial charge >= 0.3 is 0 Å². The van der Waals surface area contributed by atoms with Crippen molar-refractivity contribution in [1.82, 2.24) is 0 Å². The smallest absolute Gasteiger partial charge is 0.0568 e. The summed E-state index contributed by atoms with van der Waals surface area (Å²) in [7, 11) is 0. The van der Waals surface area contributed by atoms with Crippen LogP contribution in [0.1, 0.15) is 27.8 Å². The molecule has 1 atom stereocenters. The Hall–Kier alpha value is -1.32. The van der Waals surface area contributed by atoms with Crippen molar-refractivity contribution >= 4 is 17.0 Å². The van der Waals surface area contributed by atoms with Gasteiger partial charge in [-0.05, 0) is 43.5 Å². The van der Waals surface area contributed by atoms with Gasteiger partial charge in [0.15, 0.2) is 0 Å². The molecular formula is C16H20N2S. The first kappa shape index (κ1) is 12.7. The molecule has 100 valence electrons. The second-order valence-corrected chi connectivity index (χ2v) is 6.55. The van der Waals surface area contributed by atoms with Crippen LogP contribution in [0, 0.1) is 6.92 Å². The fraction of sp³-hybridized carbons (Fsp3) is 0.375. The topological polar surface area (TPSA) is 29.3 Å². The molecule has 19 heavy (non-hydrogen) atoms. The number of nitrogens with zero attached hydrogens (tertiary/aromatic N) is 1. The molecule has 0 bridgehead atoms. The van der Waals surface area contributed by atoms with Gasteiger partial charge in [-0.2, -0.15) is 0 Å². The number of benzene rings is 1. The van der Waals surface area contributed by atoms with Gasteiger partial charge in [0.1, 0.15) is 0 Å². The van der Waals surface area contributed by atoms with E-state index in [0.717, 1.165) is 13.1 Å². The molecule has 1 aliphatic heterocycles. The maximum Gasteiger partial charge on any atom is 0.0568 e. The van der Waals surface area contributed by atoms with E-state index in [1.807, 2.05) is 11.3 Å². The molecule has 1 unspecified atom stereocenters. The molecule has 2 nitrogen and oxygen atoms in total. The summed E-state index contributed by atoms with van der Waals surface area (Å²) in [5.41, 5.74) is 9.20. The van der Waals surface area contributed by atoms with Crippen molar-refractivity contribution < 1.29 is 0 Å². The van der Waals surface area contributed by atoms with Gasteiger partial charge in [0.2, 0.25) is 0 Å². The average molecular weight is 272 g/mol. The van der Waals surface area contributed by atoms with Gasteiger partial charge < -0.3 is 10.6 Å². The van der Waals surface area contributed by atoms with E-state index < -0.39 is 0 Å². The summed E-state index contributed by atoms with van der Waals surface area (Å²) in [5.74, 6) is 0. The molecule has 2 N–H and O–H groups in total. The number of para-hydroxylation sites is 1. The van der Waals surface area contributed by atoms with E-state index in [1.165, 1.54) is 33.8 Å². The molecule has 0 radical (unpaired) electrons. The number of anilines is 1. The highest BCUT2D eigenvalue weighted by molar-refractivity contribution is 7.12. The van der Waals surface area contributed by atoms with Gasteiger partial charge in [-0.1, -0.05) is 18.2 Å². The molecular weight excluding hydrogens is 252 g/mol. The lowest BCUT2D eigenvalue weighted by atomic mass is 10.0. The Labute approximate surface area is 118 Å². The molecule has 0 amide bonds. The van der Waals surface area contributed by atoms with E-state index in [-0.39, 0.29) is 6.04 Å². The summed E-state index contributed by atoms with van der Waals surface area (Å²) in [6, 6.07) is 13.2. The molecule has 3 rings (SSSR count). The number of nitrogens with two attached hydrogens (primary N) is 1. The van der Waals surface area contributed by atoms with E-state index in [4.69, 9.17) is 5.73 Å². The average Bonchev–Trinajstić information content (AvgIpc) is 2.86. The third-order valence-corrected chi connectivity index (χ3v) is 4.88.